The van der Waals surface area contributed by atoms with Gasteiger partial charge in [-0.05, 0) is 18.1 Å². The van der Waals surface area contributed by atoms with Crippen LogP contribution < -0.4 is 5.32 Å². The third-order valence-electron chi connectivity index (χ3n) is 3.43. The van der Waals surface area contributed by atoms with Gasteiger partial charge in [-0.15, -0.1) is 11.3 Å². The molecular formula is C16H16ClN3S. The maximum absolute atomic E-state index is 8.29. The van der Waals surface area contributed by atoms with E-state index in [9.17, 15) is 0 Å². The summed E-state index contributed by atoms with van der Waals surface area (Å²) in [5.41, 5.74) is 1.90. The minimum atomic E-state index is -0.374. The highest BCUT2D eigenvalue weighted by atomic mass is 35.5. The molecule has 3 nitrogen and oxygen atoms in total. The summed E-state index contributed by atoms with van der Waals surface area (Å²) >= 11 is 7.92. The normalized spacial score (nSPS) is 17.5. The van der Waals surface area contributed by atoms with E-state index >= 15 is 0 Å². The van der Waals surface area contributed by atoms with Crippen molar-refractivity contribution in [1.29, 1.82) is 5.41 Å². The van der Waals surface area contributed by atoms with Crippen molar-refractivity contribution in [3.8, 4) is 0 Å². The lowest BCUT2D eigenvalue weighted by Gasteiger charge is -2.14. The fourth-order valence-electron chi connectivity index (χ4n) is 2.26. The van der Waals surface area contributed by atoms with Gasteiger partial charge in [-0.1, -0.05) is 43.6 Å². The number of amidine groups is 1. The van der Waals surface area contributed by atoms with E-state index in [1.54, 1.807) is 11.3 Å². The second-order valence-corrected chi connectivity index (χ2v) is 6.82. The molecule has 1 aliphatic heterocycles. The van der Waals surface area contributed by atoms with E-state index in [4.69, 9.17) is 17.0 Å². The predicted octanol–water partition coefficient (Wildman–Crippen LogP) is 5.09. The fraction of sp³-hybridized carbons (Fsp3) is 0.250. The Hall–Kier alpha value is -1.65. The first-order chi connectivity index (χ1) is 10.1. The molecule has 2 aromatic rings. The van der Waals surface area contributed by atoms with Crippen molar-refractivity contribution in [2.24, 2.45) is 4.99 Å². The molecule has 0 bridgehead atoms. The van der Waals surface area contributed by atoms with Gasteiger partial charge < -0.3 is 5.32 Å². The smallest absolute Gasteiger partial charge is 0.133 e. The standard InChI is InChI=1S/C16H16ClN3S/c1-9(2)13-7-10-8-19-14(15(18)20-16(10)21-13)11-5-3-4-6-12(11)17/h3-9,14H,1-2H3,(H2,18,20). The first kappa shape index (κ1) is 14.3. The molecule has 0 aliphatic carbocycles. The van der Waals surface area contributed by atoms with E-state index in [2.05, 4.69) is 30.2 Å². The Kier molecular flexibility index (Phi) is 3.83. The highest BCUT2D eigenvalue weighted by molar-refractivity contribution is 7.16. The average Bonchev–Trinajstić information content (AvgIpc) is 2.78. The lowest BCUT2D eigenvalue weighted by molar-refractivity contribution is 0.889. The molecule has 0 saturated heterocycles. The average molecular weight is 318 g/mol. The third-order valence-corrected chi connectivity index (χ3v) is 5.14. The Labute approximate surface area is 133 Å². The number of nitrogens with one attached hydrogen (secondary N) is 2. The van der Waals surface area contributed by atoms with Crippen molar-refractivity contribution in [2.75, 3.05) is 5.32 Å². The van der Waals surface area contributed by atoms with Gasteiger partial charge in [0.1, 0.15) is 16.9 Å². The van der Waals surface area contributed by atoms with Gasteiger partial charge in [0.2, 0.25) is 0 Å². The molecule has 3 rings (SSSR count). The van der Waals surface area contributed by atoms with E-state index in [1.807, 2.05) is 30.5 Å². The quantitative estimate of drug-likeness (QED) is 0.796. The molecule has 1 aliphatic rings. The van der Waals surface area contributed by atoms with Gasteiger partial charge in [0.15, 0.2) is 0 Å². The molecule has 0 amide bonds. The summed E-state index contributed by atoms with van der Waals surface area (Å²) in [4.78, 5) is 5.85. The van der Waals surface area contributed by atoms with E-state index in [0.717, 1.165) is 16.1 Å². The number of anilines is 1. The number of halogens is 1. The highest BCUT2D eigenvalue weighted by Crippen LogP contribution is 2.36. The van der Waals surface area contributed by atoms with Gasteiger partial charge >= 0.3 is 0 Å². The molecule has 1 aromatic carbocycles. The van der Waals surface area contributed by atoms with E-state index in [-0.39, 0.29) is 6.04 Å². The first-order valence-electron chi connectivity index (χ1n) is 6.83. The fourth-order valence-corrected chi connectivity index (χ4v) is 3.54. The number of nitrogens with zero attached hydrogens (tertiary/aromatic N) is 1. The number of benzene rings is 1. The molecule has 2 heterocycles. The number of hydrogen-bond acceptors (Lipinski definition) is 3. The molecule has 1 atom stereocenters. The summed E-state index contributed by atoms with van der Waals surface area (Å²) in [5, 5.41) is 13.1. The highest BCUT2D eigenvalue weighted by Gasteiger charge is 2.23. The Morgan fingerprint density at radius 2 is 2.10 bits per heavy atom. The molecule has 0 spiro atoms. The Balaban J connectivity index is 1.98. The van der Waals surface area contributed by atoms with Gasteiger partial charge in [-0.3, -0.25) is 10.4 Å². The van der Waals surface area contributed by atoms with Crippen molar-refractivity contribution in [1.82, 2.24) is 0 Å². The summed E-state index contributed by atoms with van der Waals surface area (Å²) in [5.74, 6) is 0.834. The molecule has 0 fully saturated rings. The summed E-state index contributed by atoms with van der Waals surface area (Å²) in [6.45, 7) is 4.33. The Morgan fingerprint density at radius 3 is 2.81 bits per heavy atom. The molecule has 2 N–H and O–H groups in total. The number of rotatable bonds is 2. The van der Waals surface area contributed by atoms with Crippen molar-refractivity contribution in [2.45, 2.75) is 25.8 Å². The van der Waals surface area contributed by atoms with Crippen LogP contribution in [0.2, 0.25) is 5.02 Å². The topological polar surface area (TPSA) is 48.2 Å². The lowest BCUT2D eigenvalue weighted by Crippen LogP contribution is -2.17. The monoisotopic (exact) mass is 317 g/mol. The van der Waals surface area contributed by atoms with Gasteiger partial charge in [0, 0.05) is 27.2 Å². The predicted molar refractivity (Wildman–Crippen MR) is 91.5 cm³/mol. The Morgan fingerprint density at radius 1 is 1.33 bits per heavy atom. The van der Waals surface area contributed by atoms with Crippen LogP contribution in [-0.4, -0.2) is 12.1 Å². The summed E-state index contributed by atoms with van der Waals surface area (Å²) < 4.78 is 0. The largest absolute Gasteiger partial charge is 0.333 e. The van der Waals surface area contributed by atoms with Crippen molar-refractivity contribution in [3.05, 3.63) is 51.4 Å². The number of aliphatic imine (C=N–C) groups is 1. The SMILES string of the molecule is CC(C)c1cc2c(s1)NC(=N)C(c1ccccc1Cl)N=C2. The minimum absolute atomic E-state index is 0.357. The maximum atomic E-state index is 8.29. The van der Waals surface area contributed by atoms with Crippen LogP contribution in [0.25, 0.3) is 0 Å². The van der Waals surface area contributed by atoms with Gasteiger partial charge in [-0.25, -0.2) is 0 Å². The first-order valence-corrected chi connectivity index (χ1v) is 8.02. The van der Waals surface area contributed by atoms with Crippen LogP contribution in [0.3, 0.4) is 0 Å². The van der Waals surface area contributed by atoms with E-state index < -0.39 is 0 Å². The molecule has 1 unspecified atom stereocenters. The van der Waals surface area contributed by atoms with E-state index in [1.165, 1.54) is 4.88 Å². The summed E-state index contributed by atoms with van der Waals surface area (Å²) in [6.07, 6.45) is 1.85. The number of hydrogen-bond donors (Lipinski definition) is 2. The van der Waals surface area contributed by atoms with Crippen molar-refractivity contribution in [3.63, 3.8) is 0 Å². The zero-order chi connectivity index (χ0) is 15.0. The third kappa shape index (κ3) is 2.74. The van der Waals surface area contributed by atoms with Crippen LogP contribution in [0.4, 0.5) is 5.00 Å². The van der Waals surface area contributed by atoms with Crippen LogP contribution in [0.15, 0.2) is 35.3 Å². The molecule has 0 radical (unpaired) electrons. The maximum Gasteiger partial charge on any atom is 0.133 e. The molecule has 1 aromatic heterocycles. The van der Waals surface area contributed by atoms with Crippen LogP contribution in [0.5, 0.6) is 0 Å². The molecule has 5 heteroatoms. The second kappa shape index (κ2) is 5.62. The molecular weight excluding hydrogens is 302 g/mol. The van der Waals surface area contributed by atoms with E-state index in [0.29, 0.717) is 16.8 Å². The van der Waals surface area contributed by atoms with Gasteiger partial charge in [0.25, 0.3) is 0 Å². The molecule has 108 valence electrons. The van der Waals surface area contributed by atoms with Crippen LogP contribution >= 0.6 is 22.9 Å². The van der Waals surface area contributed by atoms with Gasteiger partial charge in [-0.2, -0.15) is 0 Å². The lowest BCUT2D eigenvalue weighted by atomic mass is 10.1. The van der Waals surface area contributed by atoms with Crippen LogP contribution in [-0.2, 0) is 0 Å². The van der Waals surface area contributed by atoms with Crippen molar-refractivity contribution < 1.29 is 0 Å². The summed E-state index contributed by atoms with van der Waals surface area (Å²) in [6, 6.07) is 9.32. The Bertz CT molecular complexity index is 718. The minimum Gasteiger partial charge on any atom is -0.333 e. The van der Waals surface area contributed by atoms with Crippen molar-refractivity contribution >= 4 is 40.0 Å². The van der Waals surface area contributed by atoms with Gasteiger partial charge in [0.05, 0.1) is 0 Å². The molecule has 21 heavy (non-hydrogen) atoms. The number of fused-ring (bicyclic) bond motifs is 1. The second-order valence-electron chi connectivity index (χ2n) is 5.33. The zero-order valence-electron chi connectivity index (χ0n) is 11.9. The van der Waals surface area contributed by atoms with Crippen LogP contribution in [0.1, 0.15) is 41.8 Å². The number of thiophene rings is 1. The zero-order valence-corrected chi connectivity index (χ0v) is 13.4. The molecule has 0 saturated carbocycles. The van der Waals surface area contributed by atoms with Crippen LogP contribution in [0, 0.1) is 5.41 Å². The summed E-state index contributed by atoms with van der Waals surface area (Å²) in [7, 11) is 0.